The van der Waals surface area contributed by atoms with Gasteiger partial charge in [-0.3, -0.25) is 4.79 Å². The zero-order chi connectivity index (χ0) is 19.3. The van der Waals surface area contributed by atoms with Crippen LogP contribution < -0.4 is 4.74 Å². The lowest BCUT2D eigenvalue weighted by Gasteiger charge is -2.24. The monoisotopic (exact) mass is 376 g/mol. The molecule has 0 saturated heterocycles. The summed E-state index contributed by atoms with van der Waals surface area (Å²) in [6.45, 7) is 2.87. The molecule has 1 atom stereocenters. The molecule has 3 heteroatoms. The summed E-state index contributed by atoms with van der Waals surface area (Å²) in [4.78, 5) is 12.3. The second-order valence-corrected chi connectivity index (χ2v) is 8.88. The highest BCUT2D eigenvalue weighted by Gasteiger charge is 2.35. The minimum absolute atomic E-state index is 0.409. The highest BCUT2D eigenvalue weighted by molar-refractivity contribution is 5.84. The van der Waals surface area contributed by atoms with E-state index in [9.17, 15) is 9.90 Å². The third-order valence-corrected chi connectivity index (χ3v) is 6.62. The Morgan fingerprint density at radius 2 is 2.00 bits per heavy atom. The number of carboxylic acids is 1. The predicted octanol–water partition coefficient (Wildman–Crippen LogP) is 5.83. The van der Waals surface area contributed by atoms with Gasteiger partial charge in [0.05, 0.1) is 12.5 Å². The summed E-state index contributed by atoms with van der Waals surface area (Å²) in [5.41, 5.74) is 7.14. The molecular formula is C25H28O3. The first-order chi connectivity index (χ1) is 13.6. The summed E-state index contributed by atoms with van der Waals surface area (Å²) in [5.74, 6) is 1.07. The van der Waals surface area contributed by atoms with Crippen molar-refractivity contribution in [3.63, 3.8) is 0 Å². The molecule has 2 saturated carbocycles. The average molecular weight is 376 g/mol. The van der Waals surface area contributed by atoms with Gasteiger partial charge in [-0.25, -0.2) is 0 Å². The van der Waals surface area contributed by atoms with E-state index in [1.54, 1.807) is 0 Å². The summed E-state index contributed by atoms with van der Waals surface area (Å²) in [6, 6.07) is 10.9. The molecule has 2 fully saturated rings. The molecule has 2 aromatic carbocycles. The van der Waals surface area contributed by atoms with E-state index in [2.05, 4.69) is 37.3 Å². The summed E-state index contributed by atoms with van der Waals surface area (Å²) < 4.78 is 5.81. The lowest BCUT2D eigenvalue weighted by atomic mass is 9.80. The van der Waals surface area contributed by atoms with Gasteiger partial charge in [0.15, 0.2) is 0 Å². The van der Waals surface area contributed by atoms with Crippen molar-refractivity contribution in [1.82, 2.24) is 0 Å². The van der Waals surface area contributed by atoms with E-state index in [-0.39, 0.29) is 0 Å². The number of carboxylic acid groups (broad SMARTS) is 1. The number of hydrogen-bond acceptors (Lipinski definition) is 2. The highest BCUT2D eigenvalue weighted by atomic mass is 16.5. The van der Waals surface area contributed by atoms with Crippen LogP contribution in [0.4, 0.5) is 0 Å². The third-order valence-electron chi connectivity index (χ3n) is 6.62. The van der Waals surface area contributed by atoms with Crippen LogP contribution in [-0.4, -0.2) is 17.7 Å². The maximum absolute atomic E-state index is 12.3. The van der Waals surface area contributed by atoms with Crippen molar-refractivity contribution in [2.75, 3.05) is 6.61 Å². The van der Waals surface area contributed by atoms with E-state index >= 15 is 0 Å². The molecule has 0 amide bonds. The maximum Gasteiger partial charge on any atom is 0.311 e. The number of benzene rings is 2. The van der Waals surface area contributed by atoms with Crippen molar-refractivity contribution in [2.24, 2.45) is 5.92 Å². The van der Waals surface area contributed by atoms with Crippen molar-refractivity contribution >= 4 is 5.97 Å². The van der Waals surface area contributed by atoms with Crippen LogP contribution in [0.2, 0.25) is 0 Å². The van der Waals surface area contributed by atoms with Gasteiger partial charge in [0.1, 0.15) is 5.75 Å². The highest BCUT2D eigenvalue weighted by Crippen LogP contribution is 2.50. The van der Waals surface area contributed by atoms with Gasteiger partial charge >= 0.3 is 5.97 Å². The van der Waals surface area contributed by atoms with E-state index in [4.69, 9.17) is 4.74 Å². The zero-order valence-electron chi connectivity index (χ0n) is 16.5. The number of ether oxygens (including phenoxy) is 1. The minimum atomic E-state index is -0.675. The molecule has 0 spiro atoms. The topological polar surface area (TPSA) is 46.5 Å². The van der Waals surface area contributed by atoms with E-state index < -0.39 is 11.9 Å². The second kappa shape index (κ2) is 6.95. The fourth-order valence-electron chi connectivity index (χ4n) is 4.79. The van der Waals surface area contributed by atoms with Gasteiger partial charge in [-0.2, -0.15) is 0 Å². The summed E-state index contributed by atoms with van der Waals surface area (Å²) in [5, 5.41) is 10.1. The fraction of sp³-hybridized carbons (Fsp3) is 0.480. The molecule has 1 unspecified atom stereocenters. The third kappa shape index (κ3) is 3.32. The van der Waals surface area contributed by atoms with Gasteiger partial charge in [0.25, 0.3) is 0 Å². The SMILES string of the molecule is Cc1ccc(C2CC2)c(-c2ccc3c(c2)CCCO3)c1C(CC1CC1)C(=O)O. The van der Waals surface area contributed by atoms with Crippen LogP contribution in [0, 0.1) is 12.8 Å². The molecule has 28 heavy (non-hydrogen) atoms. The molecule has 3 nitrogen and oxygen atoms in total. The Morgan fingerprint density at radius 3 is 2.71 bits per heavy atom. The smallest absolute Gasteiger partial charge is 0.311 e. The van der Waals surface area contributed by atoms with Gasteiger partial charge in [-0.1, -0.05) is 31.0 Å². The van der Waals surface area contributed by atoms with Crippen LogP contribution in [0.25, 0.3) is 11.1 Å². The summed E-state index contributed by atoms with van der Waals surface area (Å²) in [6.07, 6.45) is 7.63. The summed E-state index contributed by atoms with van der Waals surface area (Å²) >= 11 is 0. The van der Waals surface area contributed by atoms with E-state index in [1.807, 2.05) is 0 Å². The molecule has 5 rings (SSSR count). The molecule has 2 aliphatic carbocycles. The van der Waals surface area contributed by atoms with Gasteiger partial charge in [-0.15, -0.1) is 0 Å². The van der Waals surface area contributed by atoms with Crippen LogP contribution in [0.15, 0.2) is 30.3 Å². The molecule has 146 valence electrons. The van der Waals surface area contributed by atoms with Crippen molar-refractivity contribution in [1.29, 1.82) is 0 Å². The molecule has 1 N–H and O–H groups in total. The van der Waals surface area contributed by atoms with E-state index in [0.29, 0.717) is 11.8 Å². The van der Waals surface area contributed by atoms with Crippen molar-refractivity contribution in [3.8, 4) is 16.9 Å². The molecule has 1 heterocycles. The number of rotatable bonds is 6. The lowest BCUT2D eigenvalue weighted by molar-refractivity contribution is -0.139. The van der Waals surface area contributed by atoms with Crippen LogP contribution in [0.3, 0.4) is 0 Å². The quantitative estimate of drug-likeness (QED) is 0.690. The second-order valence-electron chi connectivity index (χ2n) is 8.88. The predicted molar refractivity (Wildman–Crippen MR) is 110 cm³/mol. The Bertz CT molecular complexity index is 922. The average Bonchev–Trinajstić information content (AvgIpc) is 3.60. The molecule has 2 aromatic rings. The molecule has 3 aliphatic rings. The molecule has 0 radical (unpaired) electrons. The lowest BCUT2D eigenvalue weighted by Crippen LogP contribution is -2.16. The first-order valence-corrected chi connectivity index (χ1v) is 10.7. The van der Waals surface area contributed by atoms with Crippen LogP contribution in [-0.2, 0) is 11.2 Å². The van der Waals surface area contributed by atoms with Gasteiger partial charge < -0.3 is 9.84 Å². The van der Waals surface area contributed by atoms with E-state index in [1.165, 1.54) is 47.9 Å². The number of aliphatic carboxylic acids is 1. The van der Waals surface area contributed by atoms with Gasteiger partial charge in [0, 0.05) is 0 Å². The Balaban J connectivity index is 1.68. The zero-order valence-corrected chi connectivity index (χ0v) is 16.5. The molecular weight excluding hydrogens is 348 g/mol. The summed E-state index contributed by atoms with van der Waals surface area (Å²) in [7, 11) is 0. The van der Waals surface area contributed by atoms with E-state index in [0.717, 1.165) is 42.7 Å². The first kappa shape index (κ1) is 17.8. The molecule has 0 bridgehead atoms. The standard InChI is InChI=1S/C25H28O3/c1-15-4-10-20(17-7-8-17)24(23(15)21(25(26)27)13-16-5-6-16)19-9-11-22-18(14-19)3-2-12-28-22/h4,9-11,14,16-17,21H,2-3,5-8,12-13H2,1H3,(H,26,27). The van der Waals surface area contributed by atoms with Crippen LogP contribution in [0.5, 0.6) is 5.75 Å². The Kier molecular flexibility index (Phi) is 4.41. The van der Waals surface area contributed by atoms with Gasteiger partial charge in [-0.05, 0) is 96.4 Å². The van der Waals surface area contributed by atoms with Gasteiger partial charge in [0.2, 0.25) is 0 Å². The number of aryl methyl sites for hydroxylation is 2. The number of carbonyl (C=O) groups is 1. The minimum Gasteiger partial charge on any atom is -0.493 e. The Labute approximate surface area is 166 Å². The normalized spacial score (nSPS) is 19.6. The molecule has 0 aromatic heterocycles. The fourth-order valence-corrected chi connectivity index (χ4v) is 4.79. The van der Waals surface area contributed by atoms with Crippen molar-refractivity contribution in [3.05, 3.63) is 52.6 Å². The molecule has 1 aliphatic heterocycles. The Hall–Kier alpha value is -2.29. The van der Waals surface area contributed by atoms with Crippen molar-refractivity contribution in [2.45, 2.75) is 63.7 Å². The Morgan fingerprint density at radius 1 is 1.18 bits per heavy atom. The van der Waals surface area contributed by atoms with Crippen LogP contribution in [0.1, 0.15) is 72.6 Å². The maximum atomic E-state index is 12.3. The van der Waals surface area contributed by atoms with Crippen LogP contribution >= 0.6 is 0 Å². The first-order valence-electron chi connectivity index (χ1n) is 10.7. The number of fused-ring (bicyclic) bond motifs is 1. The largest absolute Gasteiger partial charge is 0.493 e. The number of hydrogen-bond donors (Lipinski definition) is 1. The van der Waals surface area contributed by atoms with Crippen molar-refractivity contribution < 1.29 is 14.6 Å².